The molecular formula is C20H23N3OS. The van der Waals surface area contributed by atoms with E-state index in [1.807, 2.05) is 40.5 Å². The third-order valence-electron chi connectivity index (χ3n) is 4.16. The molecule has 0 radical (unpaired) electrons. The van der Waals surface area contributed by atoms with Crippen LogP contribution < -0.4 is 4.80 Å². The zero-order valence-electron chi connectivity index (χ0n) is 14.8. The lowest BCUT2D eigenvalue weighted by molar-refractivity contribution is 0.574. The lowest BCUT2D eigenvalue weighted by atomic mass is 10.1. The van der Waals surface area contributed by atoms with E-state index in [-0.39, 0.29) is 0 Å². The van der Waals surface area contributed by atoms with Crippen molar-refractivity contribution >= 4 is 23.2 Å². The third kappa shape index (κ3) is 4.17. The minimum Gasteiger partial charge on any atom is -0.463 e. The Morgan fingerprint density at radius 3 is 2.56 bits per heavy atom. The number of furan rings is 1. The third-order valence-corrected chi connectivity index (χ3v) is 4.98. The van der Waals surface area contributed by atoms with Gasteiger partial charge in [-0.25, -0.2) is 9.67 Å². The van der Waals surface area contributed by atoms with Crippen LogP contribution in [0, 0.1) is 12.8 Å². The Hall–Kier alpha value is -2.40. The van der Waals surface area contributed by atoms with Gasteiger partial charge in [-0.1, -0.05) is 31.5 Å². The number of rotatable bonds is 6. The minimum atomic E-state index is 0.462. The summed E-state index contributed by atoms with van der Waals surface area (Å²) in [5.41, 5.74) is 3.06. The van der Waals surface area contributed by atoms with E-state index in [1.165, 1.54) is 5.56 Å². The van der Waals surface area contributed by atoms with Gasteiger partial charge in [0.25, 0.3) is 0 Å². The second-order valence-corrected chi connectivity index (χ2v) is 6.82. The molecule has 0 unspecified atom stereocenters. The maximum Gasteiger partial charge on any atom is 0.211 e. The molecule has 4 nitrogen and oxygen atoms in total. The molecule has 1 aromatic carbocycles. The highest BCUT2D eigenvalue weighted by Gasteiger charge is 2.10. The first-order valence-electron chi connectivity index (χ1n) is 8.61. The fraction of sp³-hybridized carbons (Fsp3) is 0.300. The summed E-state index contributed by atoms with van der Waals surface area (Å²) in [7, 11) is 0. The van der Waals surface area contributed by atoms with Crippen molar-refractivity contribution in [2.24, 2.45) is 16.0 Å². The molecule has 2 heterocycles. The van der Waals surface area contributed by atoms with E-state index in [9.17, 15) is 0 Å². The molecule has 0 N–H and O–H groups in total. The highest BCUT2D eigenvalue weighted by atomic mass is 32.1. The van der Waals surface area contributed by atoms with Gasteiger partial charge in [-0.2, -0.15) is 5.10 Å². The standard InChI is InChI=1S/C20H23N3OS/c1-4-16(5-2)13-21-23-18(19-7-6-12-24-19)14-25-20(23)22-17-10-8-15(3)9-11-17/h6-14,16H,4-5H2,1-3H3. The van der Waals surface area contributed by atoms with E-state index in [0.29, 0.717) is 5.92 Å². The molecule has 0 bridgehead atoms. The predicted octanol–water partition coefficient (Wildman–Crippen LogP) is 5.62. The van der Waals surface area contributed by atoms with Gasteiger partial charge in [0.05, 0.1) is 12.0 Å². The predicted molar refractivity (Wildman–Crippen MR) is 104 cm³/mol. The number of benzene rings is 1. The first-order chi connectivity index (χ1) is 12.2. The smallest absolute Gasteiger partial charge is 0.211 e. The van der Waals surface area contributed by atoms with Crippen LogP contribution in [0.25, 0.3) is 11.5 Å². The van der Waals surface area contributed by atoms with Crippen LogP contribution in [0.5, 0.6) is 0 Å². The minimum absolute atomic E-state index is 0.462. The summed E-state index contributed by atoms with van der Waals surface area (Å²) in [5.74, 6) is 1.26. The van der Waals surface area contributed by atoms with Crippen molar-refractivity contribution < 1.29 is 4.42 Å². The van der Waals surface area contributed by atoms with Crippen molar-refractivity contribution in [3.05, 3.63) is 58.4 Å². The Morgan fingerprint density at radius 1 is 1.16 bits per heavy atom. The molecule has 0 fully saturated rings. The van der Waals surface area contributed by atoms with E-state index in [1.54, 1.807) is 17.6 Å². The number of aromatic nitrogens is 1. The molecule has 0 spiro atoms. The molecule has 3 aromatic rings. The van der Waals surface area contributed by atoms with Crippen LogP contribution in [0.15, 0.2) is 62.6 Å². The number of hydrogen-bond donors (Lipinski definition) is 0. The molecule has 0 amide bonds. The molecular weight excluding hydrogens is 330 g/mol. The summed E-state index contributed by atoms with van der Waals surface area (Å²) in [6.45, 7) is 6.44. The van der Waals surface area contributed by atoms with Crippen LogP contribution >= 0.6 is 11.3 Å². The Bertz CT molecular complexity index is 882. The molecule has 5 heteroatoms. The molecule has 2 aromatic heterocycles. The van der Waals surface area contributed by atoms with Crippen molar-refractivity contribution in [2.75, 3.05) is 0 Å². The van der Waals surface area contributed by atoms with Crippen molar-refractivity contribution in [3.8, 4) is 11.5 Å². The topological polar surface area (TPSA) is 42.8 Å². The summed E-state index contributed by atoms with van der Waals surface area (Å²) < 4.78 is 7.45. The van der Waals surface area contributed by atoms with Crippen molar-refractivity contribution in [2.45, 2.75) is 33.6 Å². The fourth-order valence-corrected chi connectivity index (χ4v) is 3.31. The van der Waals surface area contributed by atoms with Gasteiger partial charge in [-0.3, -0.25) is 0 Å². The second kappa shape index (κ2) is 8.12. The molecule has 0 aliphatic heterocycles. The monoisotopic (exact) mass is 353 g/mol. The van der Waals surface area contributed by atoms with Gasteiger partial charge < -0.3 is 4.42 Å². The van der Waals surface area contributed by atoms with Gasteiger partial charge in [0.15, 0.2) is 5.76 Å². The molecule has 130 valence electrons. The van der Waals surface area contributed by atoms with Gasteiger partial charge in [0.1, 0.15) is 5.69 Å². The molecule has 25 heavy (non-hydrogen) atoms. The van der Waals surface area contributed by atoms with Crippen molar-refractivity contribution in [1.82, 2.24) is 4.68 Å². The fourth-order valence-electron chi connectivity index (χ4n) is 2.47. The number of aryl methyl sites for hydroxylation is 1. The summed E-state index contributed by atoms with van der Waals surface area (Å²) in [6.07, 6.45) is 5.85. The van der Waals surface area contributed by atoms with E-state index in [2.05, 4.69) is 32.9 Å². The summed E-state index contributed by atoms with van der Waals surface area (Å²) in [5, 5.41) is 6.76. The molecule has 0 aliphatic rings. The zero-order valence-corrected chi connectivity index (χ0v) is 15.7. The maximum absolute atomic E-state index is 5.57. The van der Waals surface area contributed by atoms with E-state index < -0.39 is 0 Å². The maximum atomic E-state index is 5.57. The first kappa shape index (κ1) is 17.4. The Morgan fingerprint density at radius 2 is 1.92 bits per heavy atom. The molecule has 0 atom stereocenters. The number of thiazole rings is 1. The highest BCUT2D eigenvalue weighted by Crippen LogP contribution is 2.21. The van der Waals surface area contributed by atoms with Crippen LogP contribution in [0.4, 0.5) is 5.69 Å². The van der Waals surface area contributed by atoms with Crippen molar-refractivity contribution in [3.63, 3.8) is 0 Å². The zero-order chi connectivity index (χ0) is 17.6. The number of hydrogen-bond acceptors (Lipinski definition) is 4. The van der Waals surface area contributed by atoms with Crippen LogP contribution in [-0.4, -0.2) is 10.9 Å². The summed E-state index contributed by atoms with van der Waals surface area (Å²) in [4.78, 5) is 5.60. The van der Waals surface area contributed by atoms with Gasteiger partial charge in [-0.15, -0.1) is 11.3 Å². The van der Waals surface area contributed by atoms with Crippen LogP contribution in [0.2, 0.25) is 0 Å². The average molecular weight is 353 g/mol. The SMILES string of the molecule is CCC(C=Nn1c(-c2ccco2)csc1=Nc1ccc(C)cc1)CC. The average Bonchev–Trinajstić information content (AvgIpc) is 3.28. The Balaban J connectivity index is 2.07. The molecule has 0 saturated carbocycles. The molecule has 3 rings (SSSR count). The van der Waals surface area contributed by atoms with Crippen LogP contribution in [-0.2, 0) is 0 Å². The first-order valence-corrected chi connectivity index (χ1v) is 9.49. The Labute approximate surface area is 152 Å². The normalized spacial score (nSPS) is 12.6. The highest BCUT2D eigenvalue weighted by molar-refractivity contribution is 7.07. The van der Waals surface area contributed by atoms with E-state index in [4.69, 9.17) is 14.5 Å². The molecule has 0 saturated heterocycles. The molecule has 0 aliphatic carbocycles. The quantitative estimate of drug-likeness (QED) is 0.530. The summed E-state index contributed by atoms with van der Waals surface area (Å²) in [6, 6.07) is 12.0. The summed E-state index contributed by atoms with van der Waals surface area (Å²) >= 11 is 1.56. The number of nitrogens with zero attached hydrogens (tertiary/aromatic N) is 3. The van der Waals surface area contributed by atoms with Gasteiger partial charge in [0.2, 0.25) is 4.80 Å². The van der Waals surface area contributed by atoms with Crippen LogP contribution in [0.3, 0.4) is 0 Å². The lowest BCUT2D eigenvalue weighted by Crippen LogP contribution is -2.12. The second-order valence-electron chi connectivity index (χ2n) is 5.98. The lowest BCUT2D eigenvalue weighted by Gasteiger charge is -2.05. The van der Waals surface area contributed by atoms with Gasteiger partial charge in [-0.05, 0) is 49.9 Å². The Kier molecular flexibility index (Phi) is 5.66. The largest absolute Gasteiger partial charge is 0.463 e. The van der Waals surface area contributed by atoms with Gasteiger partial charge in [0, 0.05) is 11.6 Å². The van der Waals surface area contributed by atoms with E-state index >= 15 is 0 Å². The van der Waals surface area contributed by atoms with Crippen molar-refractivity contribution in [1.29, 1.82) is 0 Å². The van der Waals surface area contributed by atoms with E-state index in [0.717, 1.165) is 34.8 Å². The van der Waals surface area contributed by atoms with Crippen LogP contribution in [0.1, 0.15) is 32.3 Å². The van der Waals surface area contributed by atoms with Gasteiger partial charge >= 0.3 is 0 Å².